The molecule has 0 radical (unpaired) electrons. The van der Waals surface area contributed by atoms with Crippen molar-refractivity contribution >= 4 is 11.9 Å². The van der Waals surface area contributed by atoms with Crippen LogP contribution in [0.3, 0.4) is 0 Å². The average Bonchev–Trinajstić information content (AvgIpc) is 2.47. The Morgan fingerprint density at radius 3 is 2.52 bits per heavy atom. The summed E-state index contributed by atoms with van der Waals surface area (Å²) in [4.78, 5) is 15.3. The van der Waals surface area contributed by atoms with E-state index in [4.69, 9.17) is 9.47 Å². The highest BCUT2D eigenvalue weighted by Crippen LogP contribution is 2.23. The van der Waals surface area contributed by atoms with E-state index in [-0.39, 0.29) is 6.10 Å². The van der Waals surface area contributed by atoms with Crippen LogP contribution in [0.4, 0.5) is 11.9 Å². The fourth-order valence-corrected chi connectivity index (χ4v) is 2.40. The molecule has 0 amide bonds. The molecule has 1 aliphatic rings. The molecular formula is C14H25N5O2. The molecule has 0 atom stereocenters. The summed E-state index contributed by atoms with van der Waals surface area (Å²) in [7, 11) is 3.55. The Labute approximate surface area is 126 Å². The molecule has 118 valence electrons. The first-order chi connectivity index (χ1) is 10.1. The van der Waals surface area contributed by atoms with Crippen LogP contribution >= 0.6 is 0 Å². The predicted molar refractivity (Wildman–Crippen MR) is 82.0 cm³/mol. The molecule has 0 bridgehead atoms. The fourth-order valence-electron chi connectivity index (χ4n) is 2.40. The molecule has 0 unspecified atom stereocenters. The van der Waals surface area contributed by atoms with Crippen LogP contribution in [-0.2, 0) is 4.74 Å². The Morgan fingerprint density at radius 2 is 1.95 bits per heavy atom. The Morgan fingerprint density at radius 1 is 1.24 bits per heavy atom. The number of ether oxygens (including phenoxy) is 2. The van der Waals surface area contributed by atoms with E-state index in [2.05, 4.69) is 25.2 Å². The number of piperidine rings is 1. The van der Waals surface area contributed by atoms with E-state index in [9.17, 15) is 0 Å². The monoisotopic (exact) mass is 295 g/mol. The van der Waals surface area contributed by atoms with E-state index < -0.39 is 0 Å². The summed E-state index contributed by atoms with van der Waals surface area (Å²) in [6.45, 7) is 6.61. The van der Waals surface area contributed by atoms with Crippen molar-refractivity contribution in [1.82, 2.24) is 15.0 Å². The summed E-state index contributed by atoms with van der Waals surface area (Å²) in [5, 5.41) is 2.96. The first-order valence-corrected chi connectivity index (χ1v) is 7.46. The molecule has 2 heterocycles. The van der Waals surface area contributed by atoms with Gasteiger partial charge in [0, 0.05) is 33.9 Å². The summed E-state index contributed by atoms with van der Waals surface area (Å²) >= 11 is 0. The van der Waals surface area contributed by atoms with Crippen molar-refractivity contribution in [2.24, 2.45) is 5.92 Å². The Kier molecular flexibility index (Phi) is 5.55. The van der Waals surface area contributed by atoms with Gasteiger partial charge in [-0.1, -0.05) is 0 Å². The summed E-state index contributed by atoms with van der Waals surface area (Å²) in [5.74, 6) is 1.85. The number of hydrogen-bond donors (Lipinski definition) is 1. The van der Waals surface area contributed by atoms with Crippen molar-refractivity contribution < 1.29 is 9.47 Å². The van der Waals surface area contributed by atoms with Crippen molar-refractivity contribution in [1.29, 1.82) is 0 Å². The van der Waals surface area contributed by atoms with E-state index in [1.807, 2.05) is 13.8 Å². The lowest BCUT2D eigenvalue weighted by Crippen LogP contribution is -2.36. The molecule has 0 saturated carbocycles. The van der Waals surface area contributed by atoms with Gasteiger partial charge in [0.05, 0.1) is 6.10 Å². The topological polar surface area (TPSA) is 72.4 Å². The molecule has 7 nitrogen and oxygen atoms in total. The van der Waals surface area contributed by atoms with Gasteiger partial charge in [-0.25, -0.2) is 0 Å². The average molecular weight is 295 g/mol. The van der Waals surface area contributed by atoms with Crippen molar-refractivity contribution in [2.45, 2.75) is 32.8 Å². The highest BCUT2D eigenvalue weighted by molar-refractivity contribution is 5.38. The number of nitrogens with one attached hydrogen (secondary N) is 1. The summed E-state index contributed by atoms with van der Waals surface area (Å²) in [6.07, 6.45) is 2.22. The molecule has 1 N–H and O–H groups in total. The van der Waals surface area contributed by atoms with Gasteiger partial charge in [-0.05, 0) is 32.6 Å². The molecule has 21 heavy (non-hydrogen) atoms. The van der Waals surface area contributed by atoms with Gasteiger partial charge in [-0.3, -0.25) is 0 Å². The van der Waals surface area contributed by atoms with Gasteiger partial charge in [-0.2, -0.15) is 15.0 Å². The molecule has 1 aliphatic heterocycles. The maximum atomic E-state index is 5.60. The van der Waals surface area contributed by atoms with Crippen LogP contribution < -0.4 is 15.0 Å². The van der Waals surface area contributed by atoms with E-state index in [1.54, 1.807) is 14.2 Å². The lowest BCUT2D eigenvalue weighted by molar-refractivity contribution is 0.138. The van der Waals surface area contributed by atoms with Crippen LogP contribution in [-0.4, -0.2) is 54.9 Å². The molecule has 0 aromatic carbocycles. The third-order valence-corrected chi connectivity index (χ3v) is 3.47. The predicted octanol–water partition coefficient (Wildman–Crippen LogP) is 1.56. The maximum absolute atomic E-state index is 5.60. The summed E-state index contributed by atoms with van der Waals surface area (Å²) in [6, 6.07) is 0.373. The third kappa shape index (κ3) is 4.42. The first kappa shape index (κ1) is 15.8. The highest BCUT2D eigenvalue weighted by atomic mass is 16.5. The lowest BCUT2D eigenvalue weighted by Gasteiger charge is -2.31. The molecule has 0 spiro atoms. The van der Waals surface area contributed by atoms with Gasteiger partial charge < -0.3 is 19.7 Å². The molecule has 1 saturated heterocycles. The summed E-state index contributed by atoms with van der Waals surface area (Å²) in [5.41, 5.74) is 0. The number of anilines is 2. The van der Waals surface area contributed by atoms with Crippen molar-refractivity contribution in [2.75, 3.05) is 44.1 Å². The standard InChI is InChI=1S/C14H25N5O2/c1-10(2)21-14-17-12(15-3)16-13(18-14)19-7-5-11(6-8-19)9-20-4/h10-11H,5-9H2,1-4H3,(H,15,16,17,18). The van der Waals surface area contributed by atoms with Gasteiger partial charge in [-0.15, -0.1) is 0 Å². The zero-order valence-corrected chi connectivity index (χ0v) is 13.3. The maximum Gasteiger partial charge on any atom is 0.323 e. The zero-order chi connectivity index (χ0) is 15.2. The second-order valence-corrected chi connectivity index (χ2v) is 5.54. The van der Waals surface area contributed by atoms with Gasteiger partial charge >= 0.3 is 6.01 Å². The van der Waals surface area contributed by atoms with Crippen LogP contribution in [0, 0.1) is 5.92 Å². The molecular weight excluding hydrogens is 270 g/mol. The minimum Gasteiger partial charge on any atom is -0.461 e. The molecule has 1 aromatic heterocycles. The highest BCUT2D eigenvalue weighted by Gasteiger charge is 2.22. The van der Waals surface area contributed by atoms with Crippen molar-refractivity contribution in [3.8, 4) is 6.01 Å². The van der Waals surface area contributed by atoms with Crippen LogP contribution in [0.25, 0.3) is 0 Å². The minimum atomic E-state index is 0.0393. The first-order valence-electron chi connectivity index (χ1n) is 7.46. The van der Waals surface area contributed by atoms with E-state index in [1.165, 1.54) is 0 Å². The Balaban J connectivity index is 2.08. The molecule has 1 aromatic rings. The zero-order valence-electron chi connectivity index (χ0n) is 13.3. The molecule has 2 rings (SSSR count). The molecule has 1 fully saturated rings. The summed E-state index contributed by atoms with van der Waals surface area (Å²) < 4.78 is 10.8. The second kappa shape index (κ2) is 7.40. The molecule has 7 heteroatoms. The van der Waals surface area contributed by atoms with Gasteiger partial charge in [0.25, 0.3) is 0 Å². The second-order valence-electron chi connectivity index (χ2n) is 5.54. The molecule has 0 aliphatic carbocycles. The van der Waals surface area contributed by atoms with Gasteiger partial charge in [0.1, 0.15) is 0 Å². The fraction of sp³-hybridized carbons (Fsp3) is 0.786. The normalized spacial score (nSPS) is 16.3. The van der Waals surface area contributed by atoms with Crippen molar-refractivity contribution in [3.63, 3.8) is 0 Å². The quantitative estimate of drug-likeness (QED) is 0.853. The van der Waals surface area contributed by atoms with Crippen molar-refractivity contribution in [3.05, 3.63) is 0 Å². The number of aromatic nitrogens is 3. The number of rotatable bonds is 6. The minimum absolute atomic E-state index is 0.0393. The lowest BCUT2D eigenvalue weighted by atomic mass is 9.98. The Bertz CT molecular complexity index is 447. The van der Waals surface area contributed by atoms with Crippen LogP contribution in [0.5, 0.6) is 6.01 Å². The Hall–Kier alpha value is -1.63. The van der Waals surface area contributed by atoms with Crippen LogP contribution in [0.2, 0.25) is 0 Å². The number of methoxy groups -OCH3 is 1. The number of hydrogen-bond acceptors (Lipinski definition) is 7. The van der Waals surface area contributed by atoms with E-state index in [0.29, 0.717) is 23.8 Å². The smallest absolute Gasteiger partial charge is 0.323 e. The van der Waals surface area contributed by atoms with Gasteiger partial charge in [0.15, 0.2) is 0 Å². The van der Waals surface area contributed by atoms with Crippen LogP contribution in [0.1, 0.15) is 26.7 Å². The number of nitrogens with zero attached hydrogens (tertiary/aromatic N) is 4. The van der Waals surface area contributed by atoms with E-state index in [0.717, 1.165) is 32.5 Å². The SMILES string of the molecule is CNc1nc(OC(C)C)nc(N2CCC(COC)CC2)n1. The van der Waals surface area contributed by atoms with Crippen LogP contribution in [0.15, 0.2) is 0 Å². The van der Waals surface area contributed by atoms with Gasteiger partial charge in [0.2, 0.25) is 11.9 Å². The third-order valence-electron chi connectivity index (χ3n) is 3.47. The van der Waals surface area contributed by atoms with E-state index >= 15 is 0 Å². The largest absolute Gasteiger partial charge is 0.461 e.